The summed E-state index contributed by atoms with van der Waals surface area (Å²) in [5, 5.41) is 8.15. The number of hydrogen-bond donors (Lipinski definition) is 0. The Hall–Kier alpha value is -1.64. The molecular weight excluding hydrogens is 186 g/mol. The van der Waals surface area contributed by atoms with Crippen LogP contribution in [-0.4, -0.2) is 14.8 Å². The van der Waals surface area contributed by atoms with Gasteiger partial charge in [0.1, 0.15) is 12.2 Å². The molecule has 0 radical (unpaired) electrons. The van der Waals surface area contributed by atoms with Crippen LogP contribution in [0.25, 0.3) is 5.69 Å². The lowest BCUT2D eigenvalue weighted by atomic mass is 9.89. The van der Waals surface area contributed by atoms with E-state index in [9.17, 15) is 0 Å². The molecule has 3 nitrogen and oxygen atoms in total. The summed E-state index contributed by atoms with van der Waals surface area (Å²) >= 11 is 0. The van der Waals surface area contributed by atoms with E-state index in [1.807, 2.05) is 0 Å². The Morgan fingerprint density at radius 3 is 3.13 bits per heavy atom. The topological polar surface area (TPSA) is 30.7 Å². The summed E-state index contributed by atoms with van der Waals surface area (Å²) in [6.45, 7) is 2.23. The number of hydrogen-bond acceptors (Lipinski definition) is 2. The molecule has 0 saturated carbocycles. The third kappa shape index (κ3) is 1.19. The van der Waals surface area contributed by atoms with E-state index in [-0.39, 0.29) is 0 Å². The number of aromatic nitrogens is 3. The fourth-order valence-corrected chi connectivity index (χ4v) is 2.35. The monoisotopic (exact) mass is 199 g/mol. The van der Waals surface area contributed by atoms with Crippen LogP contribution in [0.1, 0.15) is 30.7 Å². The average Bonchev–Trinajstić information content (AvgIpc) is 2.76. The Kier molecular flexibility index (Phi) is 1.84. The fraction of sp³-hybridized carbons (Fsp3) is 0.333. The highest BCUT2D eigenvalue weighted by Gasteiger charge is 2.23. The smallest absolute Gasteiger partial charge is 0.138 e. The van der Waals surface area contributed by atoms with Crippen LogP contribution in [-0.2, 0) is 6.42 Å². The first-order valence-corrected chi connectivity index (χ1v) is 5.38. The van der Waals surface area contributed by atoms with E-state index in [1.54, 1.807) is 6.33 Å². The Morgan fingerprint density at radius 1 is 1.40 bits per heavy atom. The van der Waals surface area contributed by atoms with Gasteiger partial charge in [0.15, 0.2) is 0 Å². The number of nitrogens with zero attached hydrogens (tertiary/aromatic N) is 3. The average molecular weight is 199 g/mol. The molecule has 15 heavy (non-hydrogen) atoms. The van der Waals surface area contributed by atoms with Crippen molar-refractivity contribution >= 4 is 0 Å². The van der Waals surface area contributed by atoms with Crippen molar-refractivity contribution in [1.82, 2.24) is 14.8 Å². The zero-order valence-electron chi connectivity index (χ0n) is 8.72. The van der Waals surface area contributed by atoms with Gasteiger partial charge < -0.3 is 0 Å². The highest BCUT2D eigenvalue weighted by molar-refractivity contribution is 5.46. The maximum Gasteiger partial charge on any atom is 0.138 e. The van der Waals surface area contributed by atoms with E-state index in [1.165, 1.54) is 11.3 Å². The lowest BCUT2D eigenvalue weighted by molar-refractivity contribution is 0.600. The minimum absolute atomic E-state index is 0.595. The number of benzene rings is 1. The lowest BCUT2D eigenvalue weighted by Gasteiger charge is -2.24. The highest BCUT2D eigenvalue weighted by atomic mass is 15.3. The third-order valence-corrected chi connectivity index (χ3v) is 3.18. The molecule has 0 fully saturated rings. The van der Waals surface area contributed by atoms with Gasteiger partial charge in [-0.25, -0.2) is 0 Å². The first kappa shape index (κ1) is 8.65. The lowest BCUT2D eigenvalue weighted by Crippen LogP contribution is -2.16. The molecule has 2 aromatic rings. The normalized spacial score (nSPS) is 18.3. The fourth-order valence-electron chi connectivity index (χ4n) is 2.35. The second-order valence-corrected chi connectivity index (χ2v) is 3.99. The van der Waals surface area contributed by atoms with Crippen molar-refractivity contribution in [2.45, 2.75) is 25.7 Å². The summed E-state index contributed by atoms with van der Waals surface area (Å²) in [6.07, 6.45) is 3.97. The molecule has 3 rings (SSSR count). The largest absolute Gasteiger partial charge is 0.285 e. The van der Waals surface area contributed by atoms with Gasteiger partial charge >= 0.3 is 0 Å². The number of para-hydroxylation sites is 1. The molecule has 0 amide bonds. The highest BCUT2D eigenvalue weighted by Crippen LogP contribution is 2.33. The first-order chi connectivity index (χ1) is 7.40. The summed E-state index contributed by atoms with van der Waals surface area (Å²) < 4.78 is 2.10. The van der Waals surface area contributed by atoms with Gasteiger partial charge in [0, 0.05) is 6.42 Å². The first-order valence-electron chi connectivity index (χ1n) is 5.38. The van der Waals surface area contributed by atoms with Gasteiger partial charge in [0.25, 0.3) is 0 Å². The molecule has 0 bridgehead atoms. The van der Waals surface area contributed by atoms with Crippen LogP contribution in [0, 0.1) is 0 Å². The molecule has 1 aliphatic heterocycles. The molecule has 2 heterocycles. The van der Waals surface area contributed by atoms with Crippen LogP contribution in [0.2, 0.25) is 0 Å². The van der Waals surface area contributed by atoms with Crippen LogP contribution < -0.4 is 0 Å². The van der Waals surface area contributed by atoms with Crippen molar-refractivity contribution in [3.8, 4) is 5.69 Å². The summed E-state index contributed by atoms with van der Waals surface area (Å²) in [4.78, 5) is 0. The van der Waals surface area contributed by atoms with Gasteiger partial charge in [-0.2, -0.15) is 0 Å². The standard InChI is InChI=1S/C12H13N3/c1-2-9-7-12-14-13-8-15(12)11-6-4-3-5-10(9)11/h3-6,8-9H,2,7H2,1H3. The zero-order valence-corrected chi connectivity index (χ0v) is 8.72. The van der Waals surface area contributed by atoms with E-state index < -0.39 is 0 Å². The molecule has 0 spiro atoms. The SMILES string of the molecule is CCC1Cc2nncn2-c2ccccc21. The van der Waals surface area contributed by atoms with Crippen molar-refractivity contribution in [2.24, 2.45) is 0 Å². The molecule has 1 unspecified atom stereocenters. The van der Waals surface area contributed by atoms with Crippen molar-refractivity contribution < 1.29 is 0 Å². The Labute approximate surface area is 88.8 Å². The van der Waals surface area contributed by atoms with E-state index in [2.05, 4.69) is 46.0 Å². The minimum atomic E-state index is 0.595. The second kappa shape index (κ2) is 3.19. The summed E-state index contributed by atoms with van der Waals surface area (Å²) in [7, 11) is 0. The van der Waals surface area contributed by atoms with Gasteiger partial charge in [0.05, 0.1) is 5.69 Å². The Bertz CT molecular complexity index is 487. The molecule has 0 saturated heterocycles. The van der Waals surface area contributed by atoms with Crippen LogP contribution in [0.5, 0.6) is 0 Å². The molecule has 1 atom stereocenters. The van der Waals surface area contributed by atoms with Crippen molar-refractivity contribution in [2.75, 3.05) is 0 Å². The summed E-state index contributed by atoms with van der Waals surface area (Å²) in [5.74, 6) is 1.68. The summed E-state index contributed by atoms with van der Waals surface area (Å²) in [5.41, 5.74) is 2.67. The maximum absolute atomic E-state index is 4.17. The quantitative estimate of drug-likeness (QED) is 0.705. The van der Waals surface area contributed by atoms with E-state index in [4.69, 9.17) is 0 Å². The molecule has 0 aliphatic carbocycles. The number of fused-ring (bicyclic) bond motifs is 3. The molecule has 76 valence electrons. The molecule has 1 aromatic heterocycles. The van der Waals surface area contributed by atoms with Gasteiger partial charge in [-0.15, -0.1) is 10.2 Å². The van der Waals surface area contributed by atoms with E-state index in [0.717, 1.165) is 18.7 Å². The van der Waals surface area contributed by atoms with Crippen LogP contribution in [0.3, 0.4) is 0 Å². The van der Waals surface area contributed by atoms with Crippen LogP contribution >= 0.6 is 0 Å². The van der Waals surface area contributed by atoms with Crippen molar-refractivity contribution in [1.29, 1.82) is 0 Å². The minimum Gasteiger partial charge on any atom is -0.285 e. The van der Waals surface area contributed by atoms with Crippen molar-refractivity contribution in [3.05, 3.63) is 42.0 Å². The van der Waals surface area contributed by atoms with Gasteiger partial charge in [0.2, 0.25) is 0 Å². The molecule has 1 aromatic carbocycles. The number of rotatable bonds is 1. The zero-order chi connectivity index (χ0) is 10.3. The predicted molar refractivity (Wildman–Crippen MR) is 58.1 cm³/mol. The Morgan fingerprint density at radius 2 is 2.27 bits per heavy atom. The van der Waals surface area contributed by atoms with Crippen molar-refractivity contribution in [3.63, 3.8) is 0 Å². The van der Waals surface area contributed by atoms with Crippen LogP contribution in [0.15, 0.2) is 30.6 Å². The molecule has 3 heteroatoms. The second-order valence-electron chi connectivity index (χ2n) is 3.99. The van der Waals surface area contributed by atoms with E-state index >= 15 is 0 Å². The van der Waals surface area contributed by atoms with Gasteiger partial charge in [-0.3, -0.25) is 4.57 Å². The molecule has 0 N–H and O–H groups in total. The molecular formula is C12H13N3. The Balaban J connectivity index is 2.24. The van der Waals surface area contributed by atoms with Crippen LogP contribution in [0.4, 0.5) is 0 Å². The third-order valence-electron chi connectivity index (χ3n) is 3.18. The predicted octanol–water partition coefficient (Wildman–Crippen LogP) is 2.32. The van der Waals surface area contributed by atoms with Gasteiger partial charge in [-0.1, -0.05) is 25.1 Å². The molecule has 1 aliphatic rings. The maximum atomic E-state index is 4.17. The van der Waals surface area contributed by atoms with Gasteiger partial charge in [-0.05, 0) is 24.0 Å². The van der Waals surface area contributed by atoms with E-state index in [0.29, 0.717) is 5.92 Å². The summed E-state index contributed by atoms with van der Waals surface area (Å²) in [6, 6.07) is 8.54.